The maximum atomic E-state index is 12.3. The van der Waals surface area contributed by atoms with Crippen LogP contribution in [-0.2, 0) is 13.0 Å². The van der Waals surface area contributed by atoms with Crippen LogP contribution < -0.4 is 10.1 Å². The van der Waals surface area contributed by atoms with Gasteiger partial charge in [0.25, 0.3) is 5.91 Å². The number of aromatic nitrogens is 1. The van der Waals surface area contributed by atoms with E-state index >= 15 is 0 Å². The minimum Gasteiger partial charge on any atom is -0.488 e. The molecule has 0 atom stereocenters. The number of rotatable bonds is 8. The Balaban J connectivity index is 2.02. The zero-order valence-corrected chi connectivity index (χ0v) is 19.9. The van der Waals surface area contributed by atoms with E-state index in [1.165, 1.54) is 11.1 Å². The first-order valence-corrected chi connectivity index (χ1v) is 11.2. The van der Waals surface area contributed by atoms with E-state index in [4.69, 9.17) is 9.26 Å². The van der Waals surface area contributed by atoms with Crippen molar-refractivity contribution in [2.45, 2.75) is 40.7 Å². The zero-order chi connectivity index (χ0) is 21.7. The second kappa shape index (κ2) is 10.1. The highest BCUT2D eigenvalue weighted by Gasteiger charge is 2.24. The minimum atomic E-state index is -0.238. The second-order valence-electron chi connectivity index (χ2n) is 7.68. The predicted molar refractivity (Wildman–Crippen MR) is 127 cm³/mol. The summed E-state index contributed by atoms with van der Waals surface area (Å²) in [6.07, 6.45) is 0.950. The van der Waals surface area contributed by atoms with Gasteiger partial charge in [-0.2, -0.15) is 0 Å². The van der Waals surface area contributed by atoms with Crippen LogP contribution >= 0.6 is 22.6 Å². The molecular weight excluding hydrogens is 491 g/mol. The quantitative estimate of drug-likeness (QED) is 0.384. The highest BCUT2D eigenvalue weighted by atomic mass is 127. The molecule has 6 heteroatoms. The summed E-state index contributed by atoms with van der Waals surface area (Å²) in [5.74, 6) is 1.57. The number of aryl methyl sites for hydroxylation is 1. The minimum absolute atomic E-state index is 0.238. The summed E-state index contributed by atoms with van der Waals surface area (Å²) in [5, 5.41) is 6.81. The van der Waals surface area contributed by atoms with Gasteiger partial charge in [0, 0.05) is 6.54 Å². The number of hydrogen-bond acceptors (Lipinski definition) is 4. The van der Waals surface area contributed by atoms with Crippen molar-refractivity contribution >= 4 is 28.5 Å². The number of benzene rings is 2. The van der Waals surface area contributed by atoms with Crippen LogP contribution in [0.4, 0.5) is 0 Å². The third-order valence-electron chi connectivity index (χ3n) is 4.74. The van der Waals surface area contributed by atoms with Gasteiger partial charge in [-0.25, -0.2) is 0 Å². The van der Waals surface area contributed by atoms with Crippen molar-refractivity contribution < 1.29 is 14.1 Å². The van der Waals surface area contributed by atoms with Crippen LogP contribution in [0.5, 0.6) is 5.75 Å². The van der Waals surface area contributed by atoms with E-state index in [2.05, 4.69) is 66.0 Å². The molecule has 0 saturated heterocycles. The van der Waals surface area contributed by atoms with Gasteiger partial charge in [0.15, 0.2) is 11.5 Å². The molecule has 30 heavy (non-hydrogen) atoms. The lowest BCUT2D eigenvalue weighted by Crippen LogP contribution is -2.23. The fourth-order valence-corrected chi connectivity index (χ4v) is 3.98. The van der Waals surface area contributed by atoms with Crippen molar-refractivity contribution in [1.29, 1.82) is 0 Å². The number of hydrogen-bond donors (Lipinski definition) is 1. The molecule has 0 fully saturated rings. The average Bonchev–Trinajstić information content (AvgIpc) is 3.10. The van der Waals surface area contributed by atoms with Crippen molar-refractivity contribution in [3.8, 4) is 17.1 Å². The topological polar surface area (TPSA) is 64.4 Å². The fraction of sp³-hybridized carbons (Fsp3) is 0.333. The van der Waals surface area contributed by atoms with Crippen LogP contribution in [0, 0.1) is 16.4 Å². The first-order chi connectivity index (χ1) is 14.4. The van der Waals surface area contributed by atoms with Crippen molar-refractivity contribution in [2.75, 3.05) is 6.54 Å². The van der Waals surface area contributed by atoms with Crippen LogP contribution in [-0.4, -0.2) is 17.6 Å². The molecule has 0 bridgehead atoms. The monoisotopic (exact) mass is 518 g/mol. The summed E-state index contributed by atoms with van der Waals surface area (Å²) in [5.41, 5.74) is 4.61. The first-order valence-electron chi connectivity index (χ1n) is 10.1. The molecule has 0 spiro atoms. The Morgan fingerprint density at radius 1 is 1.23 bits per heavy atom. The maximum Gasteiger partial charge on any atom is 0.274 e. The van der Waals surface area contributed by atoms with Gasteiger partial charge in [-0.15, -0.1) is 0 Å². The molecule has 1 heterocycles. The predicted octanol–water partition coefficient (Wildman–Crippen LogP) is 5.78. The van der Waals surface area contributed by atoms with Gasteiger partial charge in [-0.05, 0) is 77.6 Å². The molecule has 2 aromatic carbocycles. The van der Waals surface area contributed by atoms with E-state index in [0.29, 0.717) is 34.1 Å². The third kappa shape index (κ3) is 5.22. The summed E-state index contributed by atoms with van der Waals surface area (Å²) in [4.78, 5) is 12.3. The van der Waals surface area contributed by atoms with Gasteiger partial charge < -0.3 is 14.6 Å². The number of carbonyl (C=O) groups is 1. The molecule has 1 amide bonds. The van der Waals surface area contributed by atoms with E-state index in [1.807, 2.05) is 37.3 Å². The highest BCUT2D eigenvalue weighted by molar-refractivity contribution is 14.1. The van der Waals surface area contributed by atoms with Gasteiger partial charge in [0.1, 0.15) is 12.4 Å². The Labute approximate surface area is 191 Å². The molecular formula is C24H27IN2O3. The largest absolute Gasteiger partial charge is 0.488 e. The lowest BCUT2D eigenvalue weighted by atomic mass is 9.95. The number of amides is 1. The molecule has 0 radical (unpaired) electrons. The number of ether oxygens (including phenoxy) is 1. The van der Waals surface area contributed by atoms with Crippen LogP contribution in [0.2, 0.25) is 0 Å². The molecule has 1 N–H and O–H groups in total. The van der Waals surface area contributed by atoms with Crippen molar-refractivity contribution in [3.63, 3.8) is 0 Å². The van der Waals surface area contributed by atoms with Crippen LogP contribution in [0.25, 0.3) is 11.3 Å². The number of nitrogens with one attached hydrogen (secondary N) is 1. The lowest BCUT2D eigenvalue weighted by molar-refractivity contribution is 0.0946. The van der Waals surface area contributed by atoms with Gasteiger partial charge in [0.05, 0.1) is 9.13 Å². The van der Waals surface area contributed by atoms with E-state index in [9.17, 15) is 4.79 Å². The molecule has 0 saturated carbocycles. The van der Waals surface area contributed by atoms with Crippen LogP contribution in [0.3, 0.4) is 0 Å². The Morgan fingerprint density at radius 2 is 1.97 bits per heavy atom. The zero-order valence-electron chi connectivity index (χ0n) is 17.8. The van der Waals surface area contributed by atoms with E-state index < -0.39 is 0 Å². The SMILES string of the molecule is CCNC(=O)c1noc(-c2cc(CC(C)C)c(C)cc2OCc2ccccc2)c1I. The summed E-state index contributed by atoms with van der Waals surface area (Å²) >= 11 is 2.12. The molecule has 3 aromatic rings. The summed E-state index contributed by atoms with van der Waals surface area (Å²) in [7, 11) is 0. The lowest BCUT2D eigenvalue weighted by Gasteiger charge is -2.16. The van der Waals surface area contributed by atoms with E-state index in [0.717, 1.165) is 23.3 Å². The number of halogens is 1. The van der Waals surface area contributed by atoms with Crippen molar-refractivity contribution in [1.82, 2.24) is 10.5 Å². The van der Waals surface area contributed by atoms with Crippen LogP contribution in [0.15, 0.2) is 47.0 Å². The van der Waals surface area contributed by atoms with Crippen LogP contribution in [0.1, 0.15) is 48.0 Å². The number of nitrogens with zero attached hydrogens (tertiary/aromatic N) is 1. The molecule has 0 unspecified atom stereocenters. The molecule has 5 nitrogen and oxygen atoms in total. The highest BCUT2D eigenvalue weighted by Crippen LogP contribution is 2.37. The first kappa shape index (κ1) is 22.3. The van der Waals surface area contributed by atoms with Gasteiger partial charge in [0.2, 0.25) is 0 Å². The second-order valence-corrected chi connectivity index (χ2v) is 8.76. The van der Waals surface area contributed by atoms with Gasteiger partial charge in [-0.3, -0.25) is 4.79 Å². The molecule has 0 aliphatic rings. The standard InChI is InChI=1S/C24H27IN2O3/c1-5-26-24(28)22-21(25)23(30-27-22)19-13-18(11-15(2)3)16(4)12-20(19)29-14-17-9-7-6-8-10-17/h6-10,12-13,15H,5,11,14H2,1-4H3,(H,26,28). The Hall–Kier alpha value is -2.35. The Morgan fingerprint density at radius 3 is 2.63 bits per heavy atom. The Bertz CT molecular complexity index is 1010. The molecule has 3 rings (SSSR count). The van der Waals surface area contributed by atoms with E-state index in [1.54, 1.807) is 0 Å². The fourth-order valence-electron chi connectivity index (χ4n) is 3.25. The molecule has 0 aliphatic heterocycles. The summed E-state index contributed by atoms with van der Waals surface area (Å²) in [6, 6.07) is 14.2. The maximum absolute atomic E-state index is 12.3. The number of carbonyl (C=O) groups excluding carboxylic acids is 1. The normalized spacial score (nSPS) is 11.0. The average molecular weight is 518 g/mol. The molecule has 1 aromatic heterocycles. The third-order valence-corrected chi connectivity index (χ3v) is 5.74. The molecule has 0 aliphatic carbocycles. The van der Waals surface area contributed by atoms with Gasteiger partial charge in [-0.1, -0.05) is 49.3 Å². The van der Waals surface area contributed by atoms with Crippen molar-refractivity contribution in [3.05, 3.63) is 68.4 Å². The summed E-state index contributed by atoms with van der Waals surface area (Å²) < 4.78 is 12.5. The van der Waals surface area contributed by atoms with Crippen molar-refractivity contribution in [2.24, 2.45) is 5.92 Å². The Kier molecular flexibility index (Phi) is 7.53. The summed E-state index contributed by atoms with van der Waals surface area (Å²) in [6.45, 7) is 9.35. The smallest absolute Gasteiger partial charge is 0.274 e. The van der Waals surface area contributed by atoms with E-state index in [-0.39, 0.29) is 5.91 Å². The molecule has 158 valence electrons. The van der Waals surface area contributed by atoms with Gasteiger partial charge >= 0.3 is 0 Å².